The van der Waals surface area contributed by atoms with Crippen molar-refractivity contribution in [2.45, 2.75) is 6.92 Å². The Morgan fingerprint density at radius 1 is 1.14 bits per heavy atom. The van der Waals surface area contributed by atoms with Gasteiger partial charge in [-0.15, -0.1) is 0 Å². The molecule has 0 aliphatic carbocycles. The van der Waals surface area contributed by atoms with Crippen LogP contribution in [-0.4, -0.2) is 18.9 Å². The van der Waals surface area contributed by atoms with Crippen LogP contribution in [0.2, 0.25) is 5.02 Å². The van der Waals surface area contributed by atoms with E-state index in [1.54, 1.807) is 31.2 Å². The molecule has 6 heteroatoms. The number of benzene rings is 2. The summed E-state index contributed by atoms with van der Waals surface area (Å²) in [5, 5.41) is 5.17. The van der Waals surface area contributed by atoms with E-state index >= 15 is 0 Å². The van der Waals surface area contributed by atoms with E-state index in [1.807, 2.05) is 0 Å². The van der Waals surface area contributed by atoms with E-state index in [4.69, 9.17) is 11.6 Å². The minimum absolute atomic E-state index is 0.0306. The second-order valence-corrected chi connectivity index (χ2v) is 5.10. The summed E-state index contributed by atoms with van der Waals surface area (Å²) in [4.78, 5) is 23.8. The summed E-state index contributed by atoms with van der Waals surface area (Å²) in [6, 6.07) is 8.96. The number of anilines is 1. The maximum atomic E-state index is 13.4. The third kappa shape index (κ3) is 3.43. The van der Waals surface area contributed by atoms with Crippen molar-refractivity contribution in [1.82, 2.24) is 5.32 Å². The van der Waals surface area contributed by atoms with Crippen LogP contribution in [0.3, 0.4) is 0 Å². The van der Waals surface area contributed by atoms with Crippen LogP contribution in [0, 0.1) is 12.7 Å². The van der Waals surface area contributed by atoms with E-state index in [1.165, 1.54) is 13.1 Å². The van der Waals surface area contributed by atoms with E-state index in [-0.39, 0.29) is 16.5 Å². The molecule has 0 atom stereocenters. The molecule has 2 aromatic carbocycles. The second kappa shape index (κ2) is 6.58. The Kier molecular flexibility index (Phi) is 4.78. The van der Waals surface area contributed by atoms with Crippen LogP contribution in [0.15, 0.2) is 36.4 Å². The van der Waals surface area contributed by atoms with Gasteiger partial charge in [-0.05, 0) is 42.8 Å². The molecular formula is C16H14ClFN2O2. The summed E-state index contributed by atoms with van der Waals surface area (Å²) < 4.78 is 13.4. The third-order valence-corrected chi connectivity index (χ3v) is 3.42. The number of rotatable bonds is 3. The van der Waals surface area contributed by atoms with Gasteiger partial charge in [0.05, 0.1) is 10.6 Å². The number of carbonyl (C=O) groups excluding carboxylic acids is 2. The van der Waals surface area contributed by atoms with Crippen molar-refractivity contribution in [3.05, 3.63) is 63.9 Å². The molecule has 0 bridgehead atoms. The quantitative estimate of drug-likeness (QED) is 0.910. The van der Waals surface area contributed by atoms with Crippen molar-refractivity contribution >= 4 is 29.1 Å². The molecule has 0 spiro atoms. The van der Waals surface area contributed by atoms with Crippen LogP contribution >= 0.6 is 11.6 Å². The summed E-state index contributed by atoms with van der Waals surface area (Å²) in [7, 11) is 1.52. The van der Waals surface area contributed by atoms with Gasteiger partial charge in [-0.3, -0.25) is 9.59 Å². The van der Waals surface area contributed by atoms with Crippen molar-refractivity contribution < 1.29 is 14.0 Å². The lowest BCUT2D eigenvalue weighted by molar-refractivity contribution is 0.0961. The normalized spacial score (nSPS) is 10.2. The molecule has 22 heavy (non-hydrogen) atoms. The fourth-order valence-corrected chi connectivity index (χ4v) is 2.15. The van der Waals surface area contributed by atoms with Crippen LogP contribution in [0.5, 0.6) is 0 Å². The van der Waals surface area contributed by atoms with Crippen molar-refractivity contribution in [2.75, 3.05) is 12.4 Å². The van der Waals surface area contributed by atoms with Gasteiger partial charge in [0.1, 0.15) is 5.82 Å². The molecule has 0 heterocycles. The first-order valence-corrected chi connectivity index (χ1v) is 6.89. The van der Waals surface area contributed by atoms with Crippen LogP contribution in [-0.2, 0) is 0 Å². The molecule has 0 saturated carbocycles. The van der Waals surface area contributed by atoms with E-state index in [9.17, 15) is 14.0 Å². The van der Waals surface area contributed by atoms with Crippen molar-refractivity contribution in [3.8, 4) is 0 Å². The zero-order valence-corrected chi connectivity index (χ0v) is 12.8. The monoisotopic (exact) mass is 320 g/mol. The van der Waals surface area contributed by atoms with Gasteiger partial charge in [0, 0.05) is 18.3 Å². The lowest BCUT2D eigenvalue weighted by atomic mass is 10.1. The summed E-state index contributed by atoms with van der Waals surface area (Å²) in [5.74, 6) is -1.20. The largest absolute Gasteiger partial charge is 0.355 e. The van der Waals surface area contributed by atoms with Gasteiger partial charge in [-0.1, -0.05) is 17.7 Å². The number of hydrogen-bond donors (Lipinski definition) is 2. The Morgan fingerprint density at radius 3 is 2.55 bits per heavy atom. The van der Waals surface area contributed by atoms with Gasteiger partial charge in [0.15, 0.2) is 0 Å². The van der Waals surface area contributed by atoms with Gasteiger partial charge < -0.3 is 10.6 Å². The third-order valence-electron chi connectivity index (χ3n) is 3.10. The maximum Gasteiger partial charge on any atom is 0.257 e. The molecule has 0 unspecified atom stereocenters. The highest BCUT2D eigenvalue weighted by Gasteiger charge is 2.14. The van der Waals surface area contributed by atoms with Gasteiger partial charge >= 0.3 is 0 Å². The highest BCUT2D eigenvalue weighted by molar-refractivity contribution is 6.34. The Bertz CT molecular complexity index is 747. The maximum absolute atomic E-state index is 13.4. The summed E-state index contributed by atoms with van der Waals surface area (Å²) in [6.45, 7) is 1.55. The number of amides is 2. The molecule has 4 nitrogen and oxygen atoms in total. The Labute approximate surface area is 132 Å². The molecule has 0 saturated heterocycles. The van der Waals surface area contributed by atoms with Crippen molar-refractivity contribution in [3.63, 3.8) is 0 Å². The van der Waals surface area contributed by atoms with Crippen LogP contribution in [0.1, 0.15) is 26.3 Å². The molecule has 0 radical (unpaired) electrons. The second-order valence-electron chi connectivity index (χ2n) is 4.70. The molecule has 2 amide bonds. The van der Waals surface area contributed by atoms with E-state index in [2.05, 4.69) is 10.6 Å². The molecule has 0 aliphatic heterocycles. The first-order chi connectivity index (χ1) is 10.4. The predicted octanol–water partition coefficient (Wildman–Crippen LogP) is 3.40. The first kappa shape index (κ1) is 16.0. The Morgan fingerprint density at radius 2 is 1.86 bits per heavy atom. The number of halogens is 2. The zero-order valence-electron chi connectivity index (χ0n) is 12.0. The average Bonchev–Trinajstić information content (AvgIpc) is 2.50. The molecule has 0 aliphatic rings. The lowest BCUT2D eigenvalue weighted by Crippen LogP contribution is -2.18. The topological polar surface area (TPSA) is 58.2 Å². The van der Waals surface area contributed by atoms with Crippen LogP contribution in [0.4, 0.5) is 10.1 Å². The lowest BCUT2D eigenvalue weighted by Gasteiger charge is -2.09. The molecule has 2 N–H and O–H groups in total. The number of hydrogen-bond acceptors (Lipinski definition) is 2. The highest BCUT2D eigenvalue weighted by Crippen LogP contribution is 2.22. The molecule has 2 aromatic rings. The molecule has 0 fully saturated rings. The fraction of sp³-hybridized carbons (Fsp3) is 0.125. The summed E-state index contributed by atoms with van der Waals surface area (Å²) in [6.07, 6.45) is 0. The standard InChI is InChI=1S/C16H14ClFN2O2/c1-9-6-12(13(17)8-14(9)18)16(22)20-11-5-3-4-10(7-11)15(21)19-2/h3-8H,1-2H3,(H,19,21)(H,20,22). The van der Waals surface area contributed by atoms with E-state index in [0.29, 0.717) is 16.8 Å². The highest BCUT2D eigenvalue weighted by atomic mass is 35.5. The first-order valence-electron chi connectivity index (χ1n) is 6.51. The van der Waals surface area contributed by atoms with Gasteiger partial charge in [-0.25, -0.2) is 4.39 Å². The Hall–Kier alpha value is -2.40. The van der Waals surface area contributed by atoms with Gasteiger partial charge in [0.25, 0.3) is 11.8 Å². The molecule has 114 valence electrons. The van der Waals surface area contributed by atoms with E-state index in [0.717, 1.165) is 6.07 Å². The van der Waals surface area contributed by atoms with Gasteiger partial charge in [0.2, 0.25) is 0 Å². The average molecular weight is 321 g/mol. The molecular weight excluding hydrogens is 307 g/mol. The SMILES string of the molecule is CNC(=O)c1cccc(NC(=O)c2cc(C)c(F)cc2Cl)c1. The number of aryl methyl sites for hydroxylation is 1. The zero-order chi connectivity index (χ0) is 16.3. The molecule has 0 aromatic heterocycles. The summed E-state index contributed by atoms with van der Waals surface area (Å²) >= 11 is 5.90. The van der Waals surface area contributed by atoms with Crippen molar-refractivity contribution in [1.29, 1.82) is 0 Å². The fourth-order valence-electron chi connectivity index (χ4n) is 1.91. The Balaban J connectivity index is 2.26. The number of nitrogens with one attached hydrogen (secondary N) is 2. The minimum atomic E-state index is -0.470. The smallest absolute Gasteiger partial charge is 0.257 e. The summed E-state index contributed by atoms with van der Waals surface area (Å²) in [5.41, 5.74) is 1.37. The minimum Gasteiger partial charge on any atom is -0.355 e. The van der Waals surface area contributed by atoms with Crippen LogP contribution < -0.4 is 10.6 Å². The van der Waals surface area contributed by atoms with Gasteiger partial charge in [-0.2, -0.15) is 0 Å². The number of carbonyl (C=O) groups is 2. The predicted molar refractivity (Wildman–Crippen MR) is 83.9 cm³/mol. The van der Waals surface area contributed by atoms with Crippen LogP contribution in [0.25, 0.3) is 0 Å². The van der Waals surface area contributed by atoms with E-state index < -0.39 is 11.7 Å². The molecule has 2 rings (SSSR count). The van der Waals surface area contributed by atoms with Crippen molar-refractivity contribution in [2.24, 2.45) is 0 Å².